The van der Waals surface area contributed by atoms with Crippen LogP contribution in [0.2, 0.25) is 0 Å². The van der Waals surface area contributed by atoms with Gasteiger partial charge in [-0.1, -0.05) is 6.07 Å². The van der Waals surface area contributed by atoms with Gasteiger partial charge < -0.3 is 35.2 Å². The second-order valence-electron chi connectivity index (χ2n) is 8.41. The van der Waals surface area contributed by atoms with Crippen molar-refractivity contribution in [1.82, 2.24) is 24.5 Å². The molecule has 0 bridgehead atoms. The Kier molecular flexibility index (Phi) is 6.01. The molecule has 0 saturated carbocycles. The van der Waals surface area contributed by atoms with Gasteiger partial charge in [0.25, 0.3) is 5.56 Å². The number of hydrogen-bond acceptors (Lipinski definition) is 7. The number of aromatic hydroxyl groups is 2. The molecule has 0 fully saturated rings. The van der Waals surface area contributed by atoms with Gasteiger partial charge in [0.1, 0.15) is 11.4 Å². The molecule has 3 aromatic heterocycles. The summed E-state index contributed by atoms with van der Waals surface area (Å²) < 4.78 is 1.89. The van der Waals surface area contributed by atoms with Crippen molar-refractivity contribution in [3.8, 4) is 28.6 Å². The van der Waals surface area contributed by atoms with E-state index >= 15 is 0 Å². The summed E-state index contributed by atoms with van der Waals surface area (Å²) in [6.07, 6.45) is 8.75. The minimum atomic E-state index is -0.325. The number of aromatic nitrogens is 5. The van der Waals surface area contributed by atoms with Gasteiger partial charge in [0.2, 0.25) is 0 Å². The highest BCUT2D eigenvalue weighted by Crippen LogP contribution is 2.28. The number of phenols is 2. The fraction of sp³-hybridized carbons (Fsp3) is 0.115. The molecule has 0 aliphatic rings. The third-order valence-corrected chi connectivity index (χ3v) is 5.87. The maximum Gasteiger partial charge on any atom is 0.261 e. The molecule has 0 aliphatic heterocycles. The Morgan fingerprint density at radius 3 is 2.78 bits per heavy atom. The number of H-pyrrole nitrogens is 2. The highest BCUT2D eigenvalue weighted by Gasteiger charge is 2.16. The summed E-state index contributed by atoms with van der Waals surface area (Å²) in [6, 6.07) is 10.1. The minimum absolute atomic E-state index is 0.210. The Morgan fingerprint density at radius 2 is 2.03 bits per heavy atom. The van der Waals surface area contributed by atoms with Gasteiger partial charge in [-0.15, -0.1) is 0 Å². The summed E-state index contributed by atoms with van der Waals surface area (Å²) in [7, 11) is 0. The second-order valence-corrected chi connectivity index (χ2v) is 8.41. The van der Waals surface area contributed by atoms with Crippen molar-refractivity contribution in [2.75, 3.05) is 11.9 Å². The number of aliphatic hydroxyl groups is 1. The van der Waals surface area contributed by atoms with Crippen LogP contribution in [0.5, 0.6) is 11.5 Å². The van der Waals surface area contributed by atoms with Crippen LogP contribution in [0.4, 0.5) is 5.69 Å². The van der Waals surface area contributed by atoms with E-state index in [0.29, 0.717) is 34.6 Å². The Labute approximate surface area is 205 Å². The molecule has 36 heavy (non-hydrogen) atoms. The van der Waals surface area contributed by atoms with E-state index in [1.54, 1.807) is 30.9 Å². The SMILES string of the molecule is Cc1cc(-n2ccnc2)cc2[nH]c(-c3c(NC=C(CO)Cc4ccc(O)c(O)c4)cc[nH]c3=O)nc12. The molecule has 5 aromatic rings. The normalized spacial score (nSPS) is 11.8. The smallest absolute Gasteiger partial charge is 0.261 e. The zero-order valence-electron chi connectivity index (χ0n) is 19.4. The van der Waals surface area contributed by atoms with Crippen LogP contribution in [-0.2, 0) is 6.42 Å². The third kappa shape index (κ3) is 4.44. The Hall–Kier alpha value is -4.83. The van der Waals surface area contributed by atoms with Crippen molar-refractivity contribution in [2.24, 2.45) is 0 Å². The van der Waals surface area contributed by atoms with Gasteiger partial charge in [-0.05, 0) is 60.4 Å². The average molecular weight is 485 g/mol. The number of aryl methyl sites for hydroxylation is 1. The summed E-state index contributed by atoms with van der Waals surface area (Å²) in [5, 5.41) is 32.2. The van der Waals surface area contributed by atoms with E-state index in [1.165, 1.54) is 18.3 Å². The molecule has 0 saturated heterocycles. The number of nitrogens with one attached hydrogen (secondary N) is 3. The van der Waals surface area contributed by atoms with Crippen molar-refractivity contribution in [2.45, 2.75) is 13.3 Å². The number of aromatic amines is 2. The summed E-state index contributed by atoms with van der Waals surface area (Å²) in [6.45, 7) is 1.72. The molecule has 5 rings (SSSR count). The van der Waals surface area contributed by atoms with Crippen LogP contribution in [0, 0.1) is 6.92 Å². The highest BCUT2D eigenvalue weighted by atomic mass is 16.3. The summed E-state index contributed by atoms with van der Waals surface area (Å²) in [5.74, 6) is -0.0357. The van der Waals surface area contributed by atoms with E-state index < -0.39 is 0 Å². The topological polar surface area (TPSA) is 152 Å². The molecular formula is C26H24N6O4. The molecular weight excluding hydrogens is 460 g/mol. The average Bonchev–Trinajstić information content (AvgIpc) is 3.54. The third-order valence-electron chi connectivity index (χ3n) is 5.87. The van der Waals surface area contributed by atoms with Crippen LogP contribution in [0.15, 0.2) is 77.9 Å². The first-order valence-electron chi connectivity index (χ1n) is 11.2. The quantitative estimate of drug-likeness (QED) is 0.194. The van der Waals surface area contributed by atoms with E-state index in [2.05, 4.69) is 20.3 Å². The molecule has 0 spiro atoms. The second kappa shape index (κ2) is 9.43. The molecule has 6 N–H and O–H groups in total. The predicted octanol–water partition coefficient (Wildman–Crippen LogP) is 3.35. The van der Waals surface area contributed by atoms with Gasteiger partial charge in [0.15, 0.2) is 11.5 Å². The zero-order chi connectivity index (χ0) is 25.2. The first-order valence-corrected chi connectivity index (χ1v) is 11.2. The van der Waals surface area contributed by atoms with Crippen LogP contribution >= 0.6 is 0 Å². The van der Waals surface area contributed by atoms with E-state index in [1.807, 2.05) is 29.8 Å². The summed E-state index contributed by atoms with van der Waals surface area (Å²) >= 11 is 0. The van der Waals surface area contributed by atoms with Crippen molar-refractivity contribution >= 4 is 16.7 Å². The maximum absolute atomic E-state index is 12.8. The van der Waals surface area contributed by atoms with Crippen molar-refractivity contribution in [3.63, 3.8) is 0 Å². The largest absolute Gasteiger partial charge is 0.504 e. The van der Waals surface area contributed by atoms with Gasteiger partial charge in [-0.25, -0.2) is 9.97 Å². The fourth-order valence-corrected chi connectivity index (χ4v) is 4.06. The number of imidazole rings is 2. The van der Waals surface area contributed by atoms with Gasteiger partial charge in [0.05, 0.1) is 29.7 Å². The van der Waals surface area contributed by atoms with Crippen molar-refractivity contribution < 1.29 is 15.3 Å². The number of hydrogen-bond donors (Lipinski definition) is 6. The monoisotopic (exact) mass is 484 g/mol. The lowest BCUT2D eigenvalue weighted by molar-refractivity contribution is 0.328. The maximum atomic E-state index is 12.8. The standard InChI is InChI=1S/C26H24N6O4/c1-15-8-18(32-7-6-27-14-32)11-20-24(15)31-25(30-20)23-19(4-5-28-26(23)36)29-12-17(13-33)9-16-2-3-21(34)22(35)10-16/h2-8,10-12,14,33-35H,9,13H2,1H3,(H,30,31)(H2,28,29,36). The molecule has 182 valence electrons. The number of anilines is 1. The van der Waals surface area contributed by atoms with Crippen LogP contribution in [-0.4, -0.2) is 46.4 Å². The molecule has 3 heterocycles. The fourth-order valence-electron chi connectivity index (χ4n) is 4.06. The lowest BCUT2D eigenvalue weighted by atomic mass is 10.1. The van der Waals surface area contributed by atoms with E-state index in [9.17, 15) is 20.1 Å². The first-order chi connectivity index (χ1) is 17.4. The molecule has 0 amide bonds. The Bertz CT molecular complexity index is 1630. The number of fused-ring (bicyclic) bond motifs is 1. The molecule has 0 aliphatic carbocycles. The molecule has 0 radical (unpaired) electrons. The van der Waals surface area contributed by atoms with Gasteiger partial charge in [0, 0.05) is 30.5 Å². The number of aliphatic hydroxyl groups excluding tert-OH is 1. The van der Waals surface area contributed by atoms with Gasteiger partial charge in [-0.3, -0.25) is 4.79 Å². The number of phenolic OH excluding ortho intramolecular Hbond substituents is 2. The molecule has 10 nitrogen and oxygen atoms in total. The summed E-state index contributed by atoms with van der Waals surface area (Å²) in [5.41, 5.74) is 5.22. The number of pyridine rings is 1. The zero-order valence-corrected chi connectivity index (χ0v) is 19.4. The van der Waals surface area contributed by atoms with Crippen LogP contribution in [0.3, 0.4) is 0 Å². The Morgan fingerprint density at radius 1 is 1.17 bits per heavy atom. The van der Waals surface area contributed by atoms with E-state index in [-0.39, 0.29) is 23.7 Å². The molecule has 10 heteroatoms. The number of rotatable bonds is 7. The first kappa shape index (κ1) is 22.9. The van der Waals surface area contributed by atoms with Crippen molar-refractivity contribution in [1.29, 1.82) is 0 Å². The minimum Gasteiger partial charge on any atom is -0.504 e. The number of benzene rings is 2. The van der Waals surface area contributed by atoms with Crippen LogP contribution in [0.25, 0.3) is 28.1 Å². The van der Waals surface area contributed by atoms with Gasteiger partial charge in [-0.2, -0.15) is 0 Å². The molecule has 0 unspecified atom stereocenters. The Balaban J connectivity index is 1.49. The summed E-state index contributed by atoms with van der Waals surface area (Å²) in [4.78, 5) is 27.6. The van der Waals surface area contributed by atoms with Crippen LogP contribution in [0.1, 0.15) is 11.1 Å². The number of nitrogens with zero attached hydrogens (tertiary/aromatic N) is 3. The van der Waals surface area contributed by atoms with E-state index in [4.69, 9.17) is 4.98 Å². The molecule has 2 aromatic carbocycles. The van der Waals surface area contributed by atoms with Crippen molar-refractivity contribution in [3.05, 3.63) is 94.6 Å². The van der Waals surface area contributed by atoms with Crippen LogP contribution < -0.4 is 10.9 Å². The lowest BCUT2D eigenvalue weighted by Crippen LogP contribution is -2.12. The van der Waals surface area contributed by atoms with Gasteiger partial charge >= 0.3 is 0 Å². The highest BCUT2D eigenvalue weighted by molar-refractivity contribution is 5.86. The van der Waals surface area contributed by atoms with E-state index in [0.717, 1.165) is 22.3 Å². The predicted molar refractivity (Wildman–Crippen MR) is 136 cm³/mol. The molecule has 0 atom stereocenters. The lowest BCUT2D eigenvalue weighted by Gasteiger charge is -2.10.